The molecule has 2 aromatic carbocycles. The number of carboxylic acid groups (broad SMARTS) is 1. The number of carbonyl (C=O) groups excluding carboxylic acids is 2. The number of fused-ring (bicyclic) bond motifs is 3. The molecule has 3 N–H and O–H groups in total. The molecule has 0 fully saturated rings. The van der Waals surface area contributed by atoms with Gasteiger partial charge in [-0.3, -0.25) is 9.59 Å². The van der Waals surface area contributed by atoms with Gasteiger partial charge in [-0.25, -0.2) is 4.79 Å². The zero-order chi connectivity index (χ0) is 23.8. The van der Waals surface area contributed by atoms with E-state index in [1.807, 2.05) is 55.5 Å². The first-order valence-corrected chi connectivity index (χ1v) is 11.0. The molecule has 0 spiro atoms. The topological polar surface area (TPSA) is 105 Å². The number of benzene rings is 2. The Morgan fingerprint density at radius 3 is 2.21 bits per heavy atom. The van der Waals surface area contributed by atoms with Gasteiger partial charge in [0.25, 0.3) is 0 Å². The highest BCUT2D eigenvalue weighted by molar-refractivity contribution is 5.86. The van der Waals surface area contributed by atoms with Crippen LogP contribution in [0.2, 0.25) is 0 Å². The number of amides is 2. The molecule has 1 aliphatic carbocycles. The summed E-state index contributed by atoms with van der Waals surface area (Å²) in [7, 11) is 0. The molecular weight excluding hydrogens is 420 g/mol. The second kappa shape index (κ2) is 11.2. The Labute approximate surface area is 193 Å². The van der Waals surface area contributed by atoms with Crippen LogP contribution in [0, 0.1) is 12.3 Å². The molecule has 2 aromatic rings. The van der Waals surface area contributed by atoms with E-state index in [0.717, 1.165) is 22.3 Å². The predicted octanol–water partition coefficient (Wildman–Crippen LogP) is 3.68. The quantitative estimate of drug-likeness (QED) is 0.481. The van der Waals surface area contributed by atoms with E-state index in [0.29, 0.717) is 12.8 Å². The molecule has 1 aliphatic rings. The van der Waals surface area contributed by atoms with Crippen LogP contribution in [0.4, 0.5) is 4.79 Å². The van der Waals surface area contributed by atoms with E-state index in [1.54, 1.807) is 0 Å². The molecule has 0 heterocycles. The van der Waals surface area contributed by atoms with E-state index in [2.05, 4.69) is 16.6 Å². The molecule has 2 unspecified atom stereocenters. The summed E-state index contributed by atoms with van der Waals surface area (Å²) in [6.07, 6.45) is 5.20. The van der Waals surface area contributed by atoms with Gasteiger partial charge in [0, 0.05) is 24.8 Å². The minimum atomic E-state index is -1.06. The van der Waals surface area contributed by atoms with E-state index < -0.39 is 24.0 Å². The summed E-state index contributed by atoms with van der Waals surface area (Å²) in [5, 5.41) is 14.3. The standard InChI is InChI=1S/C26H28N2O5/c1-3-9-17(4-2)27-25(31)23(14-15-24(29)30)28-26(32)33-16-22-20-12-7-5-10-18(20)19-11-6-8-13-21(19)22/h1,5-8,10-13,17,22-23H,4,9,14-16H2,2H3,(H,27,31)(H,28,32)(H,29,30). The van der Waals surface area contributed by atoms with E-state index >= 15 is 0 Å². The molecule has 33 heavy (non-hydrogen) atoms. The molecule has 7 heteroatoms. The Morgan fingerprint density at radius 2 is 1.67 bits per heavy atom. The Morgan fingerprint density at radius 1 is 1.06 bits per heavy atom. The minimum absolute atomic E-state index is 0.0577. The average Bonchev–Trinajstić information content (AvgIpc) is 3.13. The van der Waals surface area contributed by atoms with Gasteiger partial charge in [0.15, 0.2) is 0 Å². The second-order valence-electron chi connectivity index (χ2n) is 7.98. The summed E-state index contributed by atoms with van der Waals surface area (Å²) < 4.78 is 5.50. The number of ether oxygens (including phenoxy) is 1. The van der Waals surface area contributed by atoms with Gasteiger partial charge in [-0.05, 0) is 35.1 Å². The monoisotopic (exact) mass is 448 g/mol. The van der Waals surface area contributed by atoms with Crippen molar-refractivity contribution < 1.29 is 24.2 Å². The van der Waals surface area contributed by atoms with Gasteiger partial charge in [-0.15, -0.1) is 12.3 Å². The first-order chi connectivity index (χ1) is 15.9. The van der Waals surface area contributed by atoms with Crippen LogP contribution in [0.3, 0.4) is 0 Å². The number of aliphatic carboxylic acids is 1. The van der Waals surface area contributed by atoms with Crippen LogP contribution < -0.4 is 10.6 Å². The van der Waals surface area contributed by atoms with Crippen LogP contribution in [-0.4, -0.2) is 41.8 Å². The van der Waals surface area contributed by atoms with E-state index in [4.69, 9.17) is 16.3 Å². The number of hydrogen-bond donors (Lipinski definition) is 3. The summed E-state index contributed by atoms with van der Waals surface area (Å²) in [6, 6.07) is 14.7. The molecule has 2 amide bonds. The average molecular weight is 449 g/mol. The Hall–Kier alpha value is -3.79. The molecule has 0 saturated carbocycles. The number of nitrogens with one attached hydrogen (secondary N) is 2. The summed E-state index contributed by atoms with van der Waals surface area (Å²) in [6.45, 7) is 1.98. The van der Waals surface area contributed by atoms with Crippen LogP contribution in [0.1, 0.15) is 49.7 Å². The molecule has 7 nitrogen and oxygen atoms in total. The Kier molecular flexibility index (Phi) is 8.09. The van der Waals surface area contributed by atoms with E-state index in [-0.39, 0.29) is 31.4 Å². The SMILES string of the molecule is C#CCC(CC)NC(=O)C(CCC(=O)O)NC(=O)OCC1c2ccccc2-c2ccccc21. The molecule has 2 atom stereocenters. The van der Waals surface area contributed by atoms with Crippen LogP contribution >= 0.6 is 0 Å². The molecule has 0 aromatic heterocycles. The van der Waals surface area contributed by atoms with Crippen molar-refractivity contribution >= 4 is 18.0 Å². The Balaban J connectivity index is 1.66. The van der Waals surface area contributed by atoms with Crippen molar-refractivity contribution in [3.63, 3.8) is 0 Å². The summed E-state index contributed by atoms with van der Waals surface area (Å²) in [5.74, 6) is 0.847. The van der Waals surface area contributed by atoms with Gasteiger partial charge >= 0.3 is 12.1 Å². The van der Waals surface area contributed by atoms with Gasteiger partial charge in [0.2, 0.25) is 5.91 Å². The largest absolute Gasteiger partial charge is 0.481 e. The maximum absolute atomic E-state index is 12.7. The van der Waals surface area contributed by atoms with Crippen LogP contribution in [0.25, 0.3) is 11.1 Å². The van der Waals surface area contributed by atoms with Crippen molar-refractivity contribution in [1.82, 2.24) is 10.6 Å². The van der Waals surface area contributed by atoms with Gasteiger partial charge in [0.05, 0.1) is 0 Å². The molecule has 172 valence electrons. The van der Waals surface area contributed by atoms with Crippen LogP contribution in [0.15, 0.2) is 48.5 Å². The Bertz CT molecular complexity index is 1010. The lowest BCUT2D eigenvalue weighted by atomic mass is 9.98. The molecule has 0 bridgehead atoms. The van der Waals surface area contributed by atoms with Crippen molar-refractivity contribution in [2.75, 3.05) is 6.61 Å². The maximum atomic E-state index is 12.7. The number of alkyl carbamates (subject to hydrolysis) is 1. The van der Waals surface area contributed by atoms with Gasteiger partial charge in [-0.1, -0.05) is 55.5 Å². The zero-order valence-electron chi connectivity index (χ0n) is 18.5. The lowest BCUT2D eigenvalue weighted by Crippen LogP contribution is -2.50. The molecule has 3 rings (SSSR count). The first kappa shape index (κ1) is 23.9. The fraction of sp³-hybridized carbons (Fsp3) is 0.346. The first-order valence-electron chi connectivity index (χ1n) is 11.0. The fourth-order valence-electron chi connectivity index (χ4n) is 4.06. The van der Waals surface area contributed by atoms with Crippen molar-refractivity contribution in [3.8, 4) is 23.5 Å². The van der Waals surface area contributed by atoms with Gasteiger partial charge in [-0.2, -0.15) is 0 Å². The molecule has 0 aliphatic heterocycles. The van der Waals surface area contributed by atoms with Crippen molar-refractivity contribution in [3.05, 3.63) is 59.7 Å². The third kappa shape index (κ3) is 5.92. The molecule has 0 radical (unpaired) electrons. The highest BCUT2D eigenvalue weighted by Gasteiger charge is 2.30. The predicted molar refractivity (Wildman–Crippen MR) is 125 cm³/mol. The lowest BCUT2D eigenvalue weighted by Gasteiger charge is -2.22. The summed E-state index contributed by atoms with van der Waals surface area (Å²) in [4.78, 5) is 36.3. The normalized spacial score (nSPS) is 13.7. The van der Waals surface area contributed by atoms with Gasteiger partial charge < -0.3 is 20.5 Å². The number of carboxylic acids is 1. The number of carbonyl (C=O) groups is 3. The van der Waals surface area contributed by atoms with Crippen molar-refractivity contribution in [2.24, 2.45) is 0 Å². The fourth-order valence-corrected chi connectivity index (χ4v) is 4.06. The smallest absolute Gasteiger partial charge is 0.407 e. The molecular formula is C26H28N2O5. The lowest BCUT2D eigenvalue weighted by molar-refractivity contribution is -0.137. The maximum Gasteiger partial charge on any atom is 0.407 e. The van der Waals surface area contributed by atoms with Crippen molar-refractivity contribution in [2.45, 2.75) is 50.6 Å². The summed E-state index contributed by atoms with van der Waals surface area (Å²) >= 11 is 0. The third-order valence-corrected chi connectivity index (χ3v) is 5.80. The van der Waals surface area contributed by atoms with Crippen LogP contribution in [0.5, 0.6) is 0 Å². The van der Waals surface area contributed by atoms with Crippen LogP contribution in [-0.2, 0) is 14.3 Å². The minimum Gasteiger partial charge on any atom is -0.481 e. The van der Waals surface area contributed by atoms with E-state index in [9.17, 15) is 14.4 Å². The highest BCUT2D eigenvalue weighted by Crippen LogP contribution is 2.44. The molecule has 0 saturated heterocycles. The van der Waals surface area contributed by atoms with E-state index in [1.165, 1.54) is 0 Å². The number of hydrogen-bond acceptors (Lipinski definition) is 4. The highest BCUT2D eigenvalue weighted by atomic mass is 16.5. The van der Waals surface area contributed by atoms with Crippen molar-refractivity contribution in [1.29, 1.82) is 0 Å². The third-order valence-electron chi connectivity index (χ3n) is 5.80. The zero-order valence-corrected chi connectivity index (χ0v) is 18.5. The number of terminal acetylenes is 1. The number of rotatable bonds is 10. The summed E-state index contributed by atoms with van der Waals surface area (Å²) in [5.41, 5.74) is 4.37. The van der Waals surface area contributed by atoms with Gasteiger partial charge in [0.1, 0.15) is 12.6 Å². The second-order valence-corrected chi connectivity index (χ2v) is 7.98.